The van der Waals surface area contributed by atoms with Gasteiger partial charge in [0.25, 0.3) is 5.91 Å². The molecule has 0 aliphatic carbocycles. The molecule has 1 saturated heterocycles. The average Bonchev–Trinajstić information content (AvgIpc) is 2.71. The van der Waals surface area contributed by atoms with E-state index in [1.165, 1.54) is 0 Å². The van der Waals surface area contributed by atoms with Crippen LogP contribution in [0.3, 0.4) is 0 Å². The molecule has 2 amide bonds. The molecule has 0 aromatic heterocycles. The first-order valence-electron chi connectivity index (χ1n) is 9.15. The van der Waals surface area contributed by atoms with E-state index in [2.05, 4.69) is 10.5 Å². The molecule has 2 bridgehead atoms. The van der Waals surface area contributed by atoms with E-state index >= 15 is 0 Å². The molecule has 0 radical (unpaired) electrons. The number of fused-ring (bicyclic) bond motifs is 4. The average molecular weight is 378 g/mol. The molecule has 3 N–H and O–H groups in total. The van der Waals surface area contributed by atoms with E-state index in [4.69, 9.17) is 10.5 Å². The lowest BCUT2D eigenvalue weighted by atomic mass is 9.73. The van der Waals surface area contributed by atoms with E-state index in [1.54, 1.807) is 36.2 Å². The fourth-order valence-electron chi connectivity index (χ4n) is 3.96. The minimum Gasteiger partial charge on any atom is -0.468 e. The van der Waals surface area contributed by atoms with Gasteiger partial charge >= 0.3 is 0 Å². The molecule has 0 spiro atoms. The van der Waals surface area contributed by atoms with Gasteiger partial charge in [-0.25, -0.2) is 5.43 Å². The summed E-state index contributed by atoms with van der Waals surface area (Å²) in [4.78, 5) is 26.9. The number of para-hydroxylation sites is 1. The van der Waals surface area contributed by atoms with Crippen LogP contribution in [0.4, 0.5) is 0 Å². The highest BCUT2D eigenvalue weighted by molar-refractivity contribution is 6.05. The maximum absolute atomic E-state index is 13.1. The van der Waals surface area contributed by atoms with Crippen molar-refractivity contribution in [1.29, 1.82) is 0 Å². The Kier molecular flexibility index (Phi) is 4.30. The van der Waals surface area contributed by atoms with E-state index < -0.39 is 11.6 Å². The topological polar surface area (TPSA) is 97.0 Å². The molecule has 7 nitrogen and oxygen atoms in total. The van der Waals surface area contributed by atoms with Gasteiger partial charge in [-0.3, -0.25) is 9.59 Å². The Hall–Kier alpha value is -3.35. The summed E-state index contributed by atoms with van der Waals surface area (Å²) in [5, 5.41) is 4.06. The van der Waals surface area contributed by atoms with E-state index in [1.807, 2.05) is 37.3 Å². The van der Waals surface area contributed by atoms with E-state index in [0.29, 0.717) is 12.0 Å². The summed E-state index contributed by atoms with van der Waals surface area (Å²) in [6.45, 7) is 1.90. The van der Waals surface area contributed by atoms with Crippen LogP contribution in [-0.4, -0.2) is 35.3 Å². The maximum atomic E-state index is 13.1. The summed E-state index contributed by atoms with van der Waals surface area (Å²) in [5.74, 6) is -0.562. The number of amidine groups is 1. The third kappa shape index (κ3) is 2.89. The Morgan fingerprint density at radius 1 is 1.21 bits per heavy atom. The predicted molar refractivity (Wildman–Crippen MR) is 105 cm³/mol. The van der Waals surface area contributed by atoms with Gasteiger partial charge in [0.1, 0.15) is 17.5 Å². The lowest BCUT2D eigenvalue weighted by Crippen LogP contribution is -2.63. The minimum atomic E-state index is -0.736. The second-order valence-electron chi connectivity index (χ2n) is 7.34. The van der Waals surface area contributed by atoms with E-state index in [-0.39, 0.29) is 23.6 Å². The van der Waals surface area contributed by atoms with Crippen molar-refractivity contribution in [2.24, 2.45) is 16.8 Å². The largest absolute Gasteiger partial charge is 0.468 e. The number of hydrogen-bond acceptors (Lipinski definition) is 4. The molecule has 2 heterocycles. The molecular formula is C21H22N4O3. The molecule has 3 atom stereocenters. The third-order valence-corrected chi connectivity index (χ3v) is 5.60. The zero-order chi connectivity index (χ0) is 19.9. The Morgan fingerprint density at radius 2 is 1.89 bits per heavy atom. The van der Waals surface area contributed by atoms with Crippen LogP contribution in [-0.2, 0) is 4.79 Å². The van der Waals surface area contributed by atoms with Crippen molar-refractivity contribution in [3.05, 3.63) is 65.7 Å². The molecule has 28 heavy (non-hydrogen) atoms. The number of nitrogens with zero attached hydrogens (tertiary/aromatic N) is 2. The molecule has 7 heteroatoms. The summed E-state index contributed by atoms with van der Waals surface area (Å²) in [5.41, 5.74) is 9.33. The van der Waals surface area contributed by atoms with Crippen LogP contribution in [0.2, 0.25) is 0 Å². The van der Waals surface area contributed by atoms with Crippen LogP contribution >= 0.6 is 0 Å². The zero-order valence-corrected chi connectivity index (χ0v) is 15.8. The van der Waals surface area contributed by atoms with Gasteiger partial charge in [0.2, 0.25) is 5.91 Å². The first-order valence-corrected chi connectivity index (χ1v) is 9.15. The van der Waals surface area contributed by atoms with Crippen molar-refractivity contribution < 1.29 is 14.3 Å². The van der Waals surface area contributed by atoms with Crippen molar-refractivity contribution in [2.75, 3.05) is 7.05 Å². The van der Waals surface area contributed by atoms with Crippen LogP contribution < -0.4 is 15.9 Å². The molecule has 4 rings (SSSR count). The molecule has 0 unspecified atom stereocenters. The highest BCUT2D eigenvalue weighted by atomic mass is 16.5. The van der Waals surface area contributed by atoms with Gasteiger partial charge in [0, 0.05) is 24.9 Å². The summed E-state index contributed by atoms with van der Waals surface area (Å²) in [7, 11) is 1.70. The smallest absolute Gasteiger partial charge is 0.271 e. The third-order valence-electron chi connectivity index (χ3n) is 5.60. The number of piperidine rings is 1. The molecule has 2 aliphatic rings. The molecule has 2 aromatic rings. The van der Waals surface area contributed by atoms with Gasteiger partial charge in [-0.2, -0.15) is 5.10 Å². The van der Waals surface area contributed by atoms with E-state index in [9.17, 15) is 9.59 Å². The fourth-order valence-corrected chi connectivity index (χ4v) is 3.96. The first-order chi connectivity index (χ1) is 13.4. The predicted octanol–water partition coefficient (Wildman–Crippen LogP) is 2.06. The second kappa shape index (κ2) is 6.67. The van der Waals surface area contributed by atoms with Gasteiger partial charge in [-0.15, -0.1) is 0 Å². The SMILES string of the molecule is CN1C(=O)[C@@H](C(N)=NNC(=O)c2ccccc2)[C@H]2C[C@]1(C)Oc1ccccc12. The van der Waals surface area contributed by atoms with Crippen molar-refractivity contribution in [2.45, 2.75) is 25.0 Å². The summed E-state index contributed by atoms with van der Waals surface area (Å²) < 4.78 is 6.11. The van der Waals surface area contributed by atoms with Crippen molar-refractivity contribution in [1.82, 2.24) is 10.3 Å². The van der Waals surface area contributed by atoms with Crippen LogP contribution in [0.25, 0.3) is 0 Å². The standard InChI is InChI=1S/C21H22N4O3/c1-21-12-15(14-10-6-7-11-16(14)28-21)17(20(27)25(21)2)18(22)23-24-19(26)13-8-4-3-5-9-13/h3-11,15,17H,12H2,1-2H3,(H2,22,23)(H,24,26)/t15-,17+,21-/m0/s1. The Morgan fingerprint density at radius 3 is 2.64 bits per heavy atom. The number of carbonyl (C=O) groups excluding carboxylic acids is 2. The molecule has 0 saturated carbocycles. The number of ether oxygens (including phenoxy) is 1. The number of benzene rings is 2. The highest BCUT2D eigenvalue weighted by Crippen LogP contribution is 2.49. The number of hydrogen-bond donors (Lipinski definition) is 2. The van der Waals surface area contributed by atoms with Crippen LogP contribution in [0, 0.1) is 5.92 Å². The van der Waals surface area contributed by atoms with Crippen molar-refractivity contribution in [3.63, 3.8) is 0 Å². The van der Waals surface area contributed by atoms with Crippen molar-refractivity contribution >= 4 is 17.6 Å². The number of carbonyl (C=O) groups is 2. The Labute approximate surface area is 163 Å². The van der Waals surface area contributed by atoms with Gasteiger partial charge in [0.05, 0.1) is 0 Å². The van der Waals surface area contributed by atoms with Gasteiger partial charge in [-0.1, -0.05) is 36.4 Å². The fraction of sp³-hybridized carbons (Fsp3) is 0.286. The first kappa shape index (κ1) is 18.0. The van der Waals surface area contributed by atoms with Gasteiger partial charge in [-0.05, 0) is 30.7 Å². The Bertz CT molecular complexity index is 959. The van der Waals surface area contributed by atoms with Gasteiger partial charge in [0.15, 0.2) is 5.72 Å². The lowest BCUT2D eigenvalue weighted by Gasteiger charge is -2.51. The monoisotopic (exact) mass is 378 g/mol. The van der Waals surface area contributed by atoms with Crippen molar-refractivity contribution in [3.8, 4) is 5.75 Å². The number of likely N-dealkylation sites (tertiary alicyclic amines) is 1. The van der Waals surface area contributed by atoms with Crippen LogP contribution in [0.15, 0.2) is 59.7 Å². The molecule has 144 valence electrons. The zero-order valence-electron chi connectivity index (χ0n) is 15.8. The number of hydrazone groups is 1. The van der Waals surface area contributed by atoms with Crippen LogP contribution in [0.5, 0.6) is 5.75 Å². The molecular weight excluding hydrogens is 356 g/mol. The molecule has 1 fully saturated rings. The van der Waals surface area contributed by atoms with E-state index in [0.717, 1.165) is 11.3 Å². The number of rotatable bonds is 3. The second-order valence-corrected chi connectivity index (χ2v) is 7.34. The van der Waals surface area contributed by atoms with Crippen LogP contribution in [0.1, 0.15) is 35.2 Å². The minimum absolute atomic E-state index is 0.0879. The number of nitrogens with one attached hydrogen (secondary N) is 1. The van der Waals surface area contributed by atoms with Gasteiger partial charge < -0.3 is 15.4 Å². The summed E-state index contributed by atoms with van der Waals surface area (Å²) >= 11 is 0. The Balaban J connectivity index is 1.65. The molecule has 2 aliphatic heterocycles. The number of nitrogens with two attached hydrogens (primary N) is 1. The number of amides is 2. The maximum Gasteiger partial charge on any atom is 0.271 e. The quantitative estimate of drug-likeness (QED) is 0.485. The molecule has 2 aromatic carbocycles. The summed E-state index contributed by atoms with van der Waals surface area (Å²) in [6.07, 6.45) is 0.597. The normalized spacial score (nSPS) is 26.3. The lowest BCUT2D eigenvalue weighted by molar-refractivity contribution is -0.164. The summed E-state index contributed by atoms with van der Waals surface area (Å²) in [6, 6.07) is 16.4. The highest BCUT2D eigenvalue weighted by Gasteiger charge is 2.53.